The van der Waals surface area contributed by atoms with Gasteiger partial charge in [0.05, 0.1) is 6.10 Å². The molecular weight excluding hydrogens is 266 g/mol. The van der Waals surface area contributed by atoms with Gasteiger partial charge in [0, 0.05) is 17.5 Å². The number of benzene rings is 2. The van der Waals surface area contributed by atoms with Gasteiger partial charge in [-0.3, -0.25) is 0 Å². The Bertz CT molecular complexity index is 489. The van der Waals surface area contributed by atoms with Gasteiger partial charge in [-0.15, -0.1) is 0 Å². The third-order valence-electron chi connectivity index (χ3n) is 3.21. The Morgan fingerprint density at radius 2 is 1.45 bits per heavy atom. The smallest absolute Gasteiger partial charge is 0.0784 e. The first-order valence-electron chi connectivity index (χ1n) is 6.85. The summed E-state index contributed by atoms with van der Waals surface area (Å²) >= 11 is 1.72. The molecule has 0 spiro atoms. The molecule has 3 N–H and O–H groups in total. The van der Waals surface area contributed by atoms with E-state index in [1.807, 2.05) is 48.5 Å². The van der Waals surface area contributed by atoms with Crippen LogP contribution in [-0.2, 0) is 12.2 Å². The maximum absolute atomic E-state index is 10.1. The van der Waals surface area contributed by atoms with E-state index in [9.17, 15) is 5.11 Å². The fraction of sp³-hybridized carbons (Fsp3) is 0.294. The molecular formula is C17H21NOS. The highest BCUT2D eigenvalue weighted by molar-refractivity contribution is 7.98. The van der Waals surface area contributed by atoms with Crippen LogP contribution in [0.5, 0.6) is 0 Å². The number of aliphatic hydroxyl groups is 1. The minimum absolute atomic E-state index is 0.208. The van der Waals surface area contributed by atoms with Crippen LogP contribution >= 0.6 is 11.8 Å². The monoisotopic (exact) mass is 287 g/mol. The summed E-state index contributed by atoms with van der Waals surface area (Å²) in [5.41, 5.74) is 8.52. The normalized spacial score (nSPS) is 13.9. The number of hydrogen-bond donors (Lipinski definition) is 2. The van der Waals surface area contributed by atoms with Crippen LogP contribution in [0.4, 0.5) is 0 Å². The van der Waals surface area contributed by atoms with Crippen molar-refractivity contribution in [2.24, 2.45) is 5.73 Å². The number of nitrogens with two attached hydrogens (primary N) is 1. The lowest BCUT2D eigenvalue weighted by atomic mass is 10.0. The van der Waals surface area contributed by atoms with E-state index in [0.29, 0.717) is 12.2 Å². The van der Waals surface area contributed by atoms with E-state index in [0.717, 1.165) is 5.75 Å². The van der Waals surface area contributed by atoms with E-state index in [4.69, 9.17) is 5.73 Å². The van der Waals surface area contributed by atoms with Gasteiger partial charge >= 0.3 is 0 Å². The van der Waals surface area contributed by atoms with Gasteiger partial charge in [0.2, 0.25) is 0 Å². The number of hydrogen-bond acceptors (Lipinski definition) is 3. The molecule has 0 saturated heterocycles. The lowest BCUT2D eigenvalue weighted by Gasteiger charge is -2.18. The largest absolute Gasteiger partial charge is 0.391 e. The highest BCUT2D eigenvalue weighted by atomic mass is 32.2. The molecule has 0 aliphatic heterocycles. The molecule has 2 aromatic carbocycles. The molecule has 0 aliphatic rings. The first-order valence-corrected chi connectivity index (χ1v) is 8.00. The molecule has 3 heteroatoms. The Balaban J connectivity index is 1.73. The van der Waals surface area contributed by atoms with Crippen molar-refractivity contribution < 1.29 is 5.11 Å². The molecule has 20 heavy (non-hydrogen) atoms. The Morgan fingerprint density at radius 1 is 0.900 bits per heavy atom. The summed E-state index contributed by atoms with van der Waals surface area (Å²) in [5.74, 6) is 1.58. The molecule has 0 fully saturated rings. The van der Waals surface area contributed by atoms with Gasteiger partial charge in [-0.05, 0) is 17.5 Å². The highest BCUT2D eigenvalue weighted by Crippen LogP contribution is 2.15. The number of aliphatic hydroxyl groups excluding tert-OH is 1. The van der Waals surface area contributed by atoms with Gasteiger partial charge < -0.3 is 10.8 Å². The van der Waals surface area contributed by atoms with Crippen molar-refractivity contribution in [1.29, 1.82) is 0 Å². The van der Waals surface area contributed by atoms with Crippen LogP contribution in [0.15, 0.2) is 60.7 Å². The topological polar surface area (TPSA) is 46.2 Å². The zero-order valence-corrected chi connectivity index (χ0v) is 12.3. The van der Waals surface area contributed by atoms with E-state index in [1.165, 1.54) is 11.1 Å². The Morgan fingerprint density at radius 3 is 2.05 bits per heavy atom. The molecule has 2 aromatic rings. The van der Waals surface area contributed by atoms with Gasteiger partial charge in [0.1, 0.15) is 0 Å². The maximum atomic E-state index is 10.1. The predicted octanol–water partition coefficient (Wildman–Crippen LogP) is 2.85. The Labute approximate surface area is 125 Å². The Hall–Kier alpha value is -1.29. The third-order valence-corrected chi connectivity index (χ3v) is 4.32. The van der Waals surface area contributed by atoms with Crippen molar-refractivity contribution in [3.05, 3.63) is 71.8 Å². The summed E-state index contributed by atoms with van der Waals surface area (Å²) in [7, 11) is 0. The first kappa shape index (κ1) is 15.1. The van der Waals surface area contributed by atoms with Gasteiger partial charge in [0.25, 0.3) is 0 Å². The lowest BCUT2D eigenvalue weighted by molar-refractivity contribution is 0.167. The van der Waals surface area contributed by atoms with Crippen LogP contribution in [0, 0.1) is 0 Å². The minimum atomic E-state index is -0.469. The summed E-state index contributed by atoms with van der Waals surface area (Å²) < 4.78 is 0. The van der Waals surface area contributed by atoms with Crippen molar-refractivity contribution in [3.63, 3.8) is 0 Å². The summed E-state index contributed by atoms with van der Waals surface area (Å²) in [5, 5.41) is 10.1. The molecule has 2 rings (SSSR count). The van der Waals surface area contributed by atoms with Crippen LogP contribution in [0.3, 0.4) is 0 Å². The van der Waals surface area contributed by atoms with Crippen LogP contribution < -0.4 is 5.73 Å². The number of rotatable bonds is 7. The van der Waals surface area contributed by atoms with E-state index in [2.05, 4.69) is 12.1 Å². The van der Waals surface area contributed by atoms with Crippen molar-refractivity contribution >= 4 is 11.8 Å². The average Bonchev–Trinajstić information content (AvgIpc) is 2.49. The maximum Gasteiger partial charge on any atom is 0.0784 e. The van der Waals surface area contributed by atoms with E-state index < -0.39 is 6.10 Å². The molecule has 0 amide bonds. The molecule has 0 heterocycles. The zero-order valence-electron chi connectivity index (χ0n) is 11.5. The third kappa shape index (κ3) is 5.00. The van der Waals surface area contributed by atoms with E-state index >= 15 is 0 Å². The quantitative estimate of drug-likeness (QED) is 0.823. The molecule has 106 valence electrons. The standard InChI is InChI=1S/C17H21NOS/c18-16(11-14-7-3-1-4-8-14)17(19)13-20-12-15-9-5-2-6-10-15/h1-10,16-17,19H,11-13,18H2. The van der Waals surface area contributed by atoms with Gasteiger partial charge in [-0.1, -0.05) is 60.7 Å². The zero-order chi connectivity index (χ0) is 14.2. The molecule has 0 saturated carbocycles. The van der Waals surface area contributed by atoms with Crippen molar-refractivity contribution in [3.8, 4) is 0 Å². The second-order valence-corrected chi connectivity index (χ2v) is 5.95. The second kappa shape index (κ2) is 8.10. The van der Waals surface area contributed by atoms with Crippen molar-refractivity contribution in [2.75, 3.05) is 5.75 Å². The van der Waals surface area contributed by atoms with E-state index in [1.54, 1.807) is 11.8 Å². The number of thioether (sulfide) groups is 1. The Kier molecular flexibility index (Phi) is 6.12. The summed E-state index contributed by atoms with van der Waals surface area (Å²) in [4.78, 5) is 0. The summed E-state index contributed by atoms with van der Waals surface area (Å²) in [6.45, 7) is 0. The molecule has 0 radical (unpaired) electrons. The molecule has 0 bridgehead atoms. The first-order chi connectivity index (χ1) is 9.75. The minimum Gasteiger partial charge on any atom is -0.391 e. The second-order valence-electron chi connectivity index (χ2n) is 4.92. The molecule has 2 nitrogen and oxygen atoms in total. The molecule has 0 aromatic heterocycles. The fourth-order valence-electron chi connectivity index (χ4n) is 2.02. The molecule has 2 unspecified atom stereocenters. The van der Waals surface area contributed by atoms with Crippen molar-refractivity contribution in [2.45, 2.75) is 24.3 Å². The van der Waals surface area contributed by atoms with Gasteiger partial charge in [-0.25, -0.2) is 0 Å². The summed E-state index contributed by atoms with van der Waals surface area (Å²) in [6.07, 6.45) is 0.248. The highest BCUT2D eigenvalue weighted by Gasteiger charge is 2.15. The van der Waals surface area contributed by atoms with Crippen LogP contribution in [-0.4, -0.2) is 23.0 Å². The van der Waals surface area contributed by atoms with Crippen molar-refractivity contribution in [1.82, 2.24) is 0 Å². The van der Waals surface area contributed by atoms with Gasteiger partial charge in [0.15, 0.2) is 0 Å². The van der Waals surface area contributed by atoms with Crippen LogP contribution in [0.2, 0.25) is 0 Å². The molecule has 0 aliphatic carbocycles. The lowest BCUT2D eigenvalue weighted by Crippen LogP contribution is -2.38. The summed E-state index contributed by atoms with van der Waals surface area (Å²) in [6, 6.07) is 20.2. The van der Waals surface area contributed by atoms with Crippen LogP contribution in [0.25, 0.3) is 0 Å². The average molecular weight is 287 g/mol. The molecule has 2 atom stereocenters. The van der Waals surface area contributed by atoms with Gasteiger partial charge in [-0.2, -0.15) is 11.8 Å². The van der Waals surface area contributed by atoms with Crippen LogP contribution in [0.1, 0.15) is 11.1 Å². The SMILES string of the molecule is NC(Cc1ccccc1)C(O)CSCc1ccccc1. The fourth-order valence-corrected chi connectivity index (χ4v) is 3.05. The predicted molar refractivity (Wildman–Crippen MR) is 86.7 cm³/mol. The van der Waals surface area contributed by atoms with E-state index in [-0.39, 0.29) is 6.04 Å².